The van der Waals surface area contributed by atoms with Gasteiger partial charge in [-0.05, 0) is 60.4 Å². The van der Waals surface area contributed by atoms with Crippen LogP contribution in [0.15, 0.2) is 36.4 Å². The van der Waals surface area contributed by atoms with E-state index in [0.29, 0.717) is 0 Å². The van der Waals surface area contributed by atoms with Crippen LogP contribution in [0.25, 0.3) is 11.1 Å². The minimum atomic E-state index is 0. The van der Waals surface area contributed by atoms with E-state index in [1.807, 2.05) is 12.1 Å². The first-order valence-corrected chi connectivity index (χ1v) is 5.95. The first-order valence-electron chi connectivity index (χ1n) is 5.95. The van der Waals surface area contributed by atoms with E-state index < -0.39 is 0 Å². The van der Waals surface area contributed by atoms with Gasteiger partial charge in [0.15, 0.2) is 0 Å². The molecule has 0 aliphatic carbocycles. The first-order chi connectivity index (χ1) is 8.65. The van der Waals surface area contributed by atoms with Crippen LogP contribution < -0.4 is 9.47 Å². The van der Waals surface area contributed by atoms with Crippen LogP contribution in [-0.2, 0) is 0 Å². The zero-order valence-electron chi connectivity index (χ0n) is 11.3. The molecule has 0 radical (unpaired) electrons. The van der Waals surface area contributed by atoms with Gasteiger partial charge in [-0.2, -0.15) is 0 Å². The van der Waals surface area contributed by atoms with Gasteiger partial charge in [0, 0.05) is 0 Å². The van der Waals surface area contributed by atoms with Crippen LogP contribution in [0.3, 0.4) is 0 Å². The Morgan fingerprint density at radius 2 is 1.05 bits per heavy atom. The predicted molar refractivity (Wildman–Crippen MR) is 81.2 cm³/mol. The van der Waals surface area contributed by atoms with E-state index in [4.69, 9.17) is 9.47 Å². The molecule has 2 rings (SSSR count). The number of rotatable bonds is 3. The van der Waals surface area contributed by atoms with Gasteiger partial charge in [0.1, 0.15) is 11.5 Å². The van der Waals surface area contributed by atoms with Crippen LogP contribution in [0, 0.1) is 13.8 Å². The highest BCUT2D eigenvalue weighted by Crippen LogP contribution is 2.29. The average Bonchev–Trinajstić information content (AvgIpc) is 2.38. The molecule has 102 valence electrons. The van der Waals surface area contributed by atoms with Gasteiger partial charge in [-0.3, -0.25) is 0 Å². The number of hydrogen-bond acceptors (Lipinski definition) is 2. The molecule has 0 aliphatic heterocycles. The molecule has 0 heterocycles. The summed E-state index contributed by atoms with van der Waals surface area (Å²) >= 11 is 0. The molecular formula is C17H22O2. The smallest absolute Gasteiger partial charge is 0.121 e. The Morgan fingerprint density at radius 3 is 1.32 bits per heavy atom. The molecule has 2 nitrogen and oxygen atoms in total. The van der Waals surface area contributed by atoms with E-state index >= 15 is 0 Å². The lowest BCUT2D eigenvalue weighted by Gasteiger charge is -2.10. The minimum absolute atomic E-state index is 0. The fraction of sp³-hybridized carbons (Fsp3) is 0.294. The van der Waals surface area contributed by atoms with Crippen molar-refractivity contribution in [2.45, 2.75) is 21.3 Å². The summed E-state index contributed by atoms with van der Waals surface area (Å²) in [5.74, 6) is 1.84. The highest BCUT2D eigenvalue weighted by Gasteiger charge is 2.04. The van der Waals surface area contributed by atoms with E-state index in [1.54, 1.807) is 14.2 Å². The lowest BCUT2D eigenvalue weighted by atomic mass is 10.0. The summed E-state index contributed by atoms with van der Waals surface area (Å²) in [7, 11) is 3.39. The second kappa shape index (κ2) is 6.28. The van der Waals surface area contributed by atoms with Crippen molar-refractivity contribution in [1.29, 1.82) is 0 Å². The third-order valence-corrected chi connectivity index (χ3v) is 3.12. The maximum atomic E-state index is 5.28. The minimum Gasteiger partial charge on any atom is -0.496 e. The number of methoxy groups -OCH3 is 2. The van der Waals surface area contributed by atoms with E-state index in [1.165, 1.54) is 11.1 Å². The molecule has 0 saturated carbocycles. The van der Waals surface area contributed by atoms with Crippen molar-refractivity contribution < 1.29 is 9.47 Å². The van der Waals surface area contributed by atoms with Crippen molar-refractivity contribution in [2.75, 3.05) is 14.2 Å². The van der Waals surface area contributed by atoms with Crippen molar-refractivity contribution in [3.8, 4) is 22.6 Å². The van der Waals surface area contributed by atoms with E-state index in [0.717, 1.165) is 22.6 Å². The second-order valence-electron chi connectivity index (χ2n) is 4.37. The molecule has 0 saturated heterocycles. The number of benzene rings is 2. The molecule has 0 spiro atoms. The fourth-order valence-corrected chi connectivity index (χ4v) is 2.12. The largest absolute Gasteiger partial charge is 0.496 e. The van der Waals surface area contributed by atoms with E-state index in [-0.39, 0.29) is 7.43 Å². The average molecular weight is 258 g/mol. The monoisotopic (exact) mass is 258 g/mol. The zero-order valence-corrected chi connectivity index (χ0v) is 11.3. The highest BCUT2D eigenvalue weighted by molar-refractivity contribution is 5.67. The van der Waals surface area contributed by atoms with E-state index in [2.05, 4.69) is 38.1 Å². The summed E-state index contributed by atoms with van der Waals surface area (Å²) in [6.45, 7) is 4.11. The lowest BCUT2D eigenvalue weighted by Crippen LogP contribution is -1.90. The third kappa shape index (κ3) is 3.08. The Balaban J connectivity index is 0.00000180. The van der Waals surface area contributed by atoms with Crippen molar-refractivity contribution in [2.24, 2.45) is 0 Å². The maximum Gasteiger partial charge on any atom is 0.121 e. The third-order valence-electron chi connectivity index (χ3n) is 3.12. The van der Waals surface area contributed by atoms with Crippen molar-refractivity contribution >= 4 is 0 Å². The molecule has 0 aromatic heterocycles. The van der Waals surface area contributed by atoms with Crippen LogP contribution in [0.2, 0.25) is 0 Å². The summed E-state index contributed by atoms with van der Waals surface area (Å²) in [6, 6.07) is 12.4. The molecule has 19 heavy (non-hydrogen) atoms. The first kappa shape index (κ1) is 15.1. The molecule has 0 amide bonds. The topological polar surface area (TPSA) is 18.5 Å². The Bertz CT molecular complexity index is 508. The van der Waals surface area contributed by atoms with Crippen LogP contribution in [-0.4, -0.2) is 14.2 Å². The van der Waals surface area contributed by atoms with Gasteiger partial charge in [-0.15, -0.1) is 0 Å². The quantitative estimate of drug-likeness (QED) is 0.799. The lowest BCUT2D eigenvalue weighted by molar-refractivity contribution is 0.411. The molecule has 2 aromatic rings. The molecule has 0 bridgehead atoms. The van der Waals surface area contributed by atoms with Crippen molar-refractivity contribution in [1.82, 2.24) is 0 Å². The second-order valence-corrected chi connectivity index (χ2v) is 4.37. The molecule has 0 N–H and O–H groups in total. The summed E-state index contributed by atoms with van der Waals surface area (Å²) in [4.78, 5) is 0. The summed E-state index contributed by atoms with van der Waals surface area (Å²) in [5.41, 5.74) is 4.67. The Kier molecular flexibility index (Phi) is 4.99. The summed E-state index contributed by atoms with van der Waals surface area (Å²) < 4.78 is 10.6. The van der Waals surface area contributed by atoms with E-state index in [9.17, 15) is 0 Å². The van der Waals surface area contributed by atoms with Gasteiger partial charge in [-0.1, -0.05) is 19.6 Å². The molecule has 0 aliphatic rings. The fourth-order valence-electron chi connectivity index (χ4n) is 2.12. The molecule has 2 heteroatoms. The molecule has 2 aromatic carbocycles. The highest BCUT2D eigenvalue weighted by atomic mass is 16.5. The Labute approximate surface area is 116 Å². The normalized spacial score (nSPS) is 9.68. The van der Waals surface area contributed by atoms with Gasteiger partial charge in [0.25, 0.3) is 0 Å². The standard InChI is InChI=1S/C16H18O2.CH4/c1-11-9-13(5-7-15(11)17-3)14-6-8-16(18-4)12(2)10-14;/h5-10H,1-4H3;1H4. The Hall–Kier alpha value is -1.96. The molecular weight excluding hydrogens is 236 g/mol. The molecule has 0 fully saturated rings. The maximum absolute atomic E-state index is 5.28. The van der Waals surface area contributed by atoms with Crippen LogP contribution in [0.5, 0.6) is 11.5 Å². The summed E-state index contributed by atoms with van der Waals surface area (Å²) in [6.07, 6.45) is 0. The summed E-state index contributed by atoms with van der Waals surface area (Å²) in [5, 5.41) is 0. The van der Waals surface area contributed by atoms with Gasteiger partial charge in [0.2, 0.25) is 0 Å². The van der Waals surface area contributed by atoms with Crippen LogP contribution in [0.1, 0.15) is 18.6 Å². The van der Waals surface area contributed by atoms with Crippen molar-refractivity contribution in [3.63, 3.8) is 0 Å². The molecule has 0 unspecified atom stereocenters. The van der Waals surface area contributed by atoms with Crippen LogP contribution in [0.4, 0.5) is 0 Å². The predicted octanol–water partition coefficient (Wildman–Crippen LogP) is 4.62. The van der Waals surface area contributed by atoms with Crippen LogP contribution >= 0.6 is 0 Å². The van der Waals surface area contributed by atoms with Gasteiger partial charge in [-0.25, -0.2) is 0 Å². The van der Waals surface area contributed by atoms with Gasteiger partial charge < -0.3 is 9.47 Å². The number of aryl methyl sites for hydroxylation is 2. The number of hydrogen-bond donors (Lipinski definition) is 0. The van der Waals surface area contributed by atoms with Crippen molar-refractivity contribution in [3.05, 3.63) is 47.5 Å². The van der Waals surface area contributed by atoms with Gasteiger partial charge >= 0.3 is 0 Å². The van der Waals surface area contributed by atoms with Gasteiger partial charge in [0.05, 0.1) is 14.2 Å². The number of ether oxygens (including phenoxy) is 2. The Morgan fingerprint density at radius 1 is 0.684 bits per heavy atom. The zero-order chi connectivity index (χ0) is 13.1. The SMILES string of the molecule is C.COc1ccc(-c2ccc(OC)c(C)c2)cc1C. The molecule has 0 atom stereocenters.